The van der Waals surface area contributed by atoms with E-state index in [0.29, 0.717) is 0 Å². The molecular weight excluding hydrogens is 236 g/mol. The Labute approximate surface area is 107 Å². The van der Waals surface area contributed by atoms with Crippen molar-refractivity contribution in [2.45, 2.75) is 30.5 Å². The fraction of sp³-hybridized carbons (Fsp3) is 0.857. The summed E-state index contributed by atoms with van der Waals surface area (Å²) in [5, 5.41) is 63.2. The number of hydrogen-bond donors (Lipinski definition) is 6. The number of carbonyl (C=O) groups excluding carboxylic acids is 1. The van der Waals surface area contributed by atoms with Crippen LogP contribution in [0.2, 0.25) is 0 Å². The van der Waals surface area contributed by atoms with Gasteiger partial charge in [-0.05, 0) is 0 Å². The van der Waals surface area contributed by atoms with Crippen LogP contribution in [0.15, 0.2) is 0 Å². The molecule has 9 heteroatoms. The van der Waals surface area contributed by atoms with Gasteiger partial charge in [0, 0.05) is 0 Å². The maximum atomic E-state index is 10.1. The molecule has 0 unspecified atom stereocenters. The van der Waals surface area contributed by atoms with Crippen LogP contribution in [0.4, 0.5) is 0 Å². The second kappa shape index (κ2) is 8.14. The maximum Gasteiger partial charge on any atom is 2.00 e. The SMILES string of the molecule is O=C([O-])[C@@H](O)[C@H](O)[C@@H](O)[C@H](O)[C@H](O)CO.[Mg+2]. The number of aliphatic hydroxyl groups is 6. The molecule has 6 N–H and O–H groups in total. The average molecular weight is 249 g/mol. The average Bonchev–Trinajstić information content (AvgIpc) is 2.23. The van der Waals surface area contributed by atoms with Crippen molar-refractivity contribution in [3.05, 3.63) is 0 Å². The molecule has 8 nitrogen and oxygen atoms in total. The van der Waals surface area contributed by atoms with Gasteiger partial charge in [-0.25, -0.2) is 0 Å². The number of aliphatic hydroxyl groups excluding tert-OH is 6. The zero-order valence-electron chi connectivity index (χ0n) is 8.30. The minimum absolute atomic E-state index is 0. The van der Waals surface area contributed by atoms with Crippen molar-refractivity contribution in [3.8, 4) is 0 Å². The first-order valence-electron chi connectivity index (χ1n) is 4.05. The van der Waals surface area contributed by atoms with Crippen molar-refractivity contribution in [3.63, 3.8) is 0 Å². The zero-order chi connectivity index (χ0) is 12.2. The molecule has 0 aliphatic heterocycles. The summed E-state index contributed by atoms with van der Waals surface area (Å²) in [5.74, 6) is -2.03. The topological polar surface area (TPSA) is 162 Å². The molecule has 0 fully saturated rings. The summed E-state index contributed by atoms with van der Waals surface area (Å²) in [6.45, 7) is -0.896. The van der Waals surface area contributed by atoms with Gasteiger partial charge < -0.3 is 40.5 Å². The monoisotopic (exact) mass is 249 g/mol. The molecule has 0 amide bonds. The van der Waals surface area contributed by atoms with E-state index in [4.69, 9.17) is 30.6 Å². The Kier molecular flexibility index (Phi) is 9.34. The van der Waals surface area contributed by atoms with Gasteiger partial charge in [0.05, 0.1) is 12.6 Å². The van der Waals surface area contributed by atoms with Crippen molar-refractivity contribution in [1.82, 2.24) is 0 Å². The second-order valence-corrected chi connectivity index (χ2v) is 2.99. The van der Waals surface area contributed by atoms with Crippen molar-refractivity contribution in [2.24, 2.45) is 0 Å². The third kappa shape index (κ3) is 4.89. The van der Waals surface area contributed by atoms with Gasteiger partial charge in [0.1, 0.15) is 30.5 Å². The molecule has 0 saturated carbocycles. The Morgan fingerprint density at radius 3 is 1.75 bits per heavy atom. The quantitative estimate of drug-likeness (QED) is 0.254. The Hall–Kier alpha value is -0.00377. The third-order valence-electron chi connectivity index (χ3n) is 1.85. The summed E-state index contributed by atoms with van der Waals surface area (Å²) in [4.78, 5) is 10.1. The molecule has 0 radical (unpaired) electrons. The van der Waals surface area contributed by atoms with E-state index in [1.54, 1.807) is 0 Å². The van der Waals surface area contributed by atoms with E-state index in [0.717, 1.165) is 0 Å². The Morgan fingerprint density at radius 2 is 1.44 bits per heavy atom. The summed E-state index contributed by atoms with van der Waals surface area (Å²) in [7, 11) is 0. The first-order chi connectivity index (χ1) is 6.82. The molecule has 0 bridgehead atoms. The van der Waals surface area contributed by atoms with Gasteiger partial charge in [-0.3, -0.25) is 0 Å². The molecule has 0 saturated heterocycles. The Bertz CT molecular complexity index is 213. The largest absolute Gasteiger partial charge is 2.00 e. The number of carboxylic acid groups (broad SMARTS) is 1. The second-order valence-electron chi connectivity index (χ2n) is 2.99. The molecule has 90 valence electrons. The molecule has 0 aromatic carbocycles. The fourth-order valence-corrected chi connectivity index (χ4v) is 0.864. The molecule has 0 aliphatic rings. The molecule has 0 heterocycles. The minimum Gasteiger partial charge on any atom is -0.547 e. The molecular formula is C7H13MgO8+. The van der Waals surface area contributed by atoms with E-state index < -0.39 is 43.1 Å². The molecule has 0 spiro atoms. The van der Waals surface area contributed by atoms with Crippen LogP contribution in [0, 0.1) is 0 Å². The van der Waals surface area contributed by atoms with E-state index >= 15 is 0 Å². The summed E-state index contributed by atoms with van der Waals surface area (Å²) in [6, 6.07) is 0. The molecule has 0 aromatic rings. The van der Waals surface area contributed by atoms with Gasteiger partial charge in [-0.1, -0.05) is 0 Å². The summed E-state index contributed by atoms with van der Waals surface area (Å²) >= 11 is 0. The van der Waals surface area contributed by atoms with Crippen molar-refractivity contribution >= 4 is 29.0 Å². The minimum atomic E-state index is -2.40. The van der Waals surface area contributed by atoms with E-state index in [2.05, 4.69) is 0 Å². The van der Waals surface area contributed by atoms with Crippen LogP contribution < -0.4 is 5.11 Å². The van der Waals surface area contributed by atoms with Crippen LogP contribution in [0.25, 0.3) is 0 Å². The first-order valence-corrected chi connectivity index (χ1v) is 4.05. The maximum absolute atomic E-state index is 10.1. The Balaban J connectivity index is 0. The van der Waals surface area contributed by atoms with Crippen LogP contribution in [-0.2, 0) is 4.79 Å². The van der Waals surface area contributed by atoms with Crippen LogP contribution in [0.3, 0.4) is 0 Å². The molecule has 0 aromatic heterocycles. The van der Waals surface area contributed by atoms with E-state index in [-0.39, 0.29) is 23.1 Å². The number of aliphatic carboxylic acids is 1. The normalized spacial score (nSPS) is 20.1. The van der Waals surface area contributed by atoms with E-state index in [1.807, 2.05) is 0 Å². The van der Waals surface area contributed by atoms with E-state index in [1.165, 1.54) is 0 Å². The first kappa shape index (κ1) is 18.4. The molecule has 0 rings (SSSR count). The van der Waals surface area contributed by atoms with Gasteiger partial charge in [0.25, 0.3) is 0 Å². The van der Waals surface area contributed by atoms with Crippen molar-refractivity contribution in [2.75, 3.05) is 6.61 Å². The van der Waals surface area contributed by atoms with Gasteiger partial charge in [-0.2, -0.15) is 0 Å². The zero-order valence-corrected chi connectivity index (χ0v) is 9.71. The standard InChI is InChI=1S/C7H14O8.Mg/c8-1-2(9)3(10)4(11)5(12)6(13)7(14)15;/h2-6,8-13H,1H2,(H,14,15);/q;+2/p-1/t2-,3-,4+,5-,6+;/m1./s1. The van der Waals surface area contributed by atoms with Gasteiger partial charge in [-0.15, -0.1) is 0 Å². The molecule has 16 heavy (non-hydrogen) atoms. The van der Waals surface area contributed by atoms with Gasteiger partial charge >= 0.3 is 23.1 Å². The number of hydrogen-bond acceptors (Lipinski definition) is 8. The molecule has 5 atom stereocenters. The number of carboxylic acids is 1. The molecule has 0 aliphatic carbocycles. The summed E-state index contributed by atoms with van der Waals surface area (Å²) in [6.07, 6.45) is -10.5. The number of rotatable bonds is 6. The van der Waals surface area contributed by atoms with Crippen molar-refractivity contribution < 1.29 is 40.5 Å². The summed E-state index contributed by atoms with van der Waals surface area (Å²) < 4.78 is 0. The van der Waals surface area contributed by atoms with Gasteiger partial charge in [0.15, 0.2) is 0 Å². The van der Waals surface area contributed by atoms with Gasteiger partial charge in [0.2, 0.25) is 0 Å². The van der Waals surface area contributed by atoms with E-state index in [9.17, 15) is 9.90 Å². The Morgan fingerprint density at radius 1 is 1.00 bits per heavy atom. The van der Waals surface area contributed by atoms with Crippen LogP contribution in [0.1, 0.15) is 0 Å². The predicted octanol–water partition coefficient (Wildman–Crippen LogP) is -5.85. The number of carbonyl (C=O) groups is 1. The van der Waals surface area contributed by atoms with Crippen molar-refractivity contribution in [1.29, 1.82) is 0 Å². The fourth-order valence-electron chi connectivity index (χ4n) is 0.864. The summed E-state index contributed by atoms with van der Waals surface area (Å²) in [5.41, 5.74) is 0. The van der Waals surface area contributed by atoms with Crippen LogP contribution >= 0.6 is 0 Å². The predicted molar refractivity (Wildman–Crippen MR) is 47.9 cm³/mol. The smallest absolute Gasteiger partial charge is 0.547 e. The third-order valence-corrected chi connectivity index (χ3v) is 1.85. The van der Waals surface area contributed by atoms with Crippen LogP contribution in [0.5, 0.6) is 0 Å². The van der Waals surface area contributed by atoms with Crippen LogP contribution in [-0.4, -0.2) is 96.8 Å².